The fraction of sp³-hybridized carbons (Fsp3) is 0.188. The second-order valence-corrected chi connectivity index (χ2v) is 7.16. The zero-order valence-electron chi connectivity index (χ0n) is 13.2. The molecule has 1 amide bonds. The number of hydrogen-bond acceptors (Lipinski definition) is 4. The van der Waals surface area contributed by atoms with E-state index >= 15 is 0 Å². The molecule has 0 saturated carbocycles. The predicted octanol–water partition coefficient (Wildman–Crippen LogP) is 1.91. The molecule has 1 atom stereocenters. The molecular formula is C16H17N3O4S. The van der Waals surface area contributed by atoms with Crippen molar-refractivity contribution in [3.63, 3.8) is 0 Å². The highest BCUT2D eigenvalue weighted by Gasteiger charge is 2.20. The summed E-state index contributed by atoms with van der Waals surface area (Å²) in [6.07, 6.45) is 1.30. The van der Waals surface area contributed by atoms with Crippen LogP contribution in [0.25, 0.3) is 11.0 Å². The molecule has 3 N–H and O–H groups in total. The van der Waals surface area contributed by atoms with Crippen LogP contribution in [-0.2, 0) is 17.1 Å². The lowest BCUT2D eigenvalue weighted by Crippen LogP contribution is -2.27. The Balaban J connectivity index is 1.82. The highest BCUT2D eigenvalue weighted by Crippen LogP contribution is 2.24. The van der Waals surface area contributed by atoms with Gasteiger partial charge in [0.2, 0.25) is 10.0 Å². The molecule has 2 heterocycles. The SMILES string of the molecule is CC(NC(=O)c1cc(S(N)(=O)=O)cn1C)c1cc2ccccc2o1. The monoisotopic (exact) mass is 347 g/mol. The van der Waals surface area contributed by atoms with E-state index < -0.39 is 15.9 Å². The van der Waals surface area contributed by atoms with Crippen molar-refractivity contribution in [3.8, 4) is 0 Å². The molecule has 0 aliphatic carbocycles. The smallest absolute Gasteiger partial charge is 0.268 e. The van der Waals surface area contributed by atoms with E-state index in [-0.39, 0.29) is 16.6 Å². The third kappa shape index (κ3) is 3.06. The van der Waals surface area contributed by atoms with Crippen LogP contribution in [0.3, 0.4) is 0 Å². The van der Waals surface area contributed by atoms with Gasteiger partial charge in [0.25, 0.3) is 5.91 Å². The first-order chi connectivity index (χ1) is 11.3. The summed E-state index contributed by atoms with van der Waals surface area (Å²) in [6.45, 7) is 1.79. The lowest BCUT2D eigenvalue weighted by atomic mass is 10.2. The molecule has 1 aromatic carbocycles. The molecule has 0 aliphatic heterocycles. The van der Waals surface area contributed by atoms with Crippen molar-refractivity contribution < 1.29 is 17.6 Å². The number of sulfonamides is 1. The Kier molecular flexibility index (Phi) is 3.94. The minimum atomic E-state index is -3.86. The predicted molar refractivity (Wildman–Crippen MR) is 88.9 cm³/mol. The summed E-state index contributed by atoms with van der Waals surface area (Å²) in [5.74, 6) is 0.200. The largest absolute Gasteiger partial charge is 0.459 e. The number of carbonyl (C=O) groups excluding carboxylic acids is 1. The van der Waals surface area contributed by atoms with E-state index in [9.17, 15) is 13.2 Å². The molecule has 3 aromatic rings. The van der Waals surface area contributed by atoms with Gasteiger partial charge in [0, 0.05) is 18.6 Å². The van der Waals surface area contributed by atoms with Gasteiger partial charge in [0.1, 0.15) is 21.9 Å². The third-order valence-corrected chi connectivity index (χ3v) is 4.64. The Bertz CT molecular complexity index is 984. The molecular weight excluding hydrogens is 330 g/mol. The second-order valence-electron chi connectivity index (χ2n) is 5.60. The van der Waals surface area contributed by atoms with Crippen LogP contribution in [0.1, 0.15) is 29.2 Å². The van der Waals surface area contributed by atoms with Gasteiger partial charge >= 0.3 is 0 Å². The highest BCUT2D eigenvalue weighted by atomic mass is 32.2. The van der Waals surface area contributed by atoms with Crippen molar-refractivity contribution in [2.45, 2.75) is 17.9 Å². The van der Waals surface area contributed by atoms with E-state index in [1.165, 1.54) is 16.8 Å². The van der Waals surface area contributed by atoms with Gasteiger partial charge in [-0.25, -0.2) is 13.6 Å². The Morgan fingerprint density at radius 2 is 2.00 bits per heavy atom. The molecule has 3 rings (SSSR count). The summed E-state index contributed by atoms with van der Waals surface area (Å²) in [5, 5.41) is 8.82. The number of rotatable bonds is 4. The Morgan fingerprint density at radius 1 is 1.29 bits per heavy atom. The van der Waals surface area contributed by atoms with Gasteiger partial charge in [-0.2, -0.15) is 0 Å². The molecule has 0 bridgehead atoms. The van der Waals surface area contributed by atoms with Crippen LogP contribution in [-0.4, -0.2) is 18.9 Å². The van der Waals surface area contributed by atoms with Crippen molar-refractivity contribution in [3.05, 3.63) is 54.0 Å². The molecule has 8 heteroatoms. The molecule has 0 saturated heterocycles. The van der Waals surface area contributed by atoms with E-state index in [0.29, 0.717) is 5.76 Å². The summed E-state index contributed by atoms with van der Waals surface area (Å²) >= 11 is 0. The Labute approximate surface area is 139 Å². The van der Waals surface area contributed by atoms with Crippen molar-refractivity contribution >= 4 is 26.9 Å². The summed E-state index contributed by atoms with van der Waals surface area (Å²) in [7, 11) is -2.28. The van der Waals surface area contributed by atoms with Crippen LogP contribution in [0.5, 0.6) is 0 Å². The maximum absolute atomic E-state index is 12.4. The minimum Gasteiger partial charge on any atom is -0.459 e. The van der Waals surface area contributed by atoms with Crippen molar-refractivity contribution in [2.24, 2.45) is 12.2 Å². The summed E-state index contributed by atoms with van der Waals surface area (Å²) < 4.78 is 29.9. The zero-order chi connectivity index (χ0) is 17.5. The number of nitrogens with zero attached hydrogens (tertiary/aromatic N) is 1. The molecule has 1 unspecified atom stereocenters. The molecule has 24 heavy (non-hydrogen) atoms. The first-order valence-electron chi connectivity index (χ1n) is 7.24. The van der Waals surface area contributed by atoms with E-state index in [1.54, 1.807) is 14.0 Å². The molecule has 7 nitrogen and oxygen atoms in total. The number of nitrogens with one attached hydrogen (secondary N) is 1. The highest BCUT2D eigenvalue weighted by molar-refractivity contribution is 7.89. The van der Waals surface area contributed by atoms with Crippen molar-refractivity contribution in [2.75, 3.05) is 0 Å². The molecule has 0 radical (unpaired) electrons. The summed E-state index contributed by atoms with van der Waals surface area (Å²) in [4.78, 5) is 12.3. The van der Waals surface area contributed by atoms with Gasteiger partial charge in [0.05, 0.1) is 6.04 Å². The van der Waals surface area contributed by atoms with Gasteiger partial charge < -0.3 is 14.3 Å². The van der Waals surface area contributed by atoms with Crippen LogP contribution in [0, 0.1) is 0 Å². The topological polar surface area (TPSA) is 107 Å². The van der Waals surface area contributed by atoms with Crippen LogP contribution < -0.4 is 10.5 Å². The fourth-order valence-corrected chi connectivity index (χ4v) is 3.05. The molecule has 2 aromatic heterocycles. The average Bonchev–Trinajstić information content (AvgIpc) is 3.09. The number of carbonyl (C=O) groups is 1. The number of hydrogen-bond donors (Lipinski definition) is 2. The number of benzene rings is 1. The normalized spacial score (nSPS) is 13.1. The van der Waals surface area contributed by atoms with Crippen LogP contribution in [0.15, 0.2) is 51.9 Å². The maximum atomic E-state index is 12.4. The third-order valence-electron chi connectivity index (χ3n) is 3.76. The fourth-order valence-electron chi connectivity index (χ4n) is 2.47. The maximum Gasteiger partial charge on any atom is 0.268 e. The van der Waals surface area contributed by atoms with E-state index in [1.807, 2.05) is 30.3 Å². The minimum absolute atomic E-state index is 0.105. The number of aryl methyl sites for hydroxylation is 1. The average molecular weight is 347 g/mol. The number of fused-ring (bicyclic) bond motifs is 1. The molecule has 126 valence electrons. The molecule has 0 spiro atoms. The number of para-hydroxylation sites is 1. The summed E-state index contributed by atoms with van der Waals surface area (Å²) in [6, 6.07) is 10.3. The van der Waals surface area contributed by atoms with E-state index in [2.05, 4.69) is 5.32 Å². The van der Waals surface area contributed by atoms with Gasteiger partial charge in [-0.15, -0.1) is 0 Å². The Morgan fingerprint density at radius 3 is 2.62 bits per heavy atom. The van der Waals surface area contributed by atoms with Crippen LogP contribution in [0.4, 0.5) is 0 Å². The zero-order valence-corrected chi connectivity index (χ0v) is 14.0. The van der Waals surface area contributed by atoms with E-state index in [4.69, 9.17) is 9.56 Å². The summed E-state index contributed by atoms with van der Waals surface area (Å²) in [5.41, 5.74) is 0.936. The van der Waals surface area contributed by atoms with E-state index in [0.717, 1.165) is 11.0 Å². The quantitative estimate of drug-likeness (QED) is 0.751. The first-order valence-corrected chi connectivity index (χ1v) is 8.79. The first kappa shape index (κ1) is 16.3. The van der Waals surface area contributed by atoms with Crippen molar-refractivity contribution in [1.82, 2.24) is 9.88 Å². The lowest BCUT2D eigenvalue weighted by molar-refractivity contribution is 0.0927. The standard InChI is InChI=1S/C16H17N3O4S/c1-10(15-7-11-5-3-4-6-14(11)23-15)18-16(20)13-8-12(9-19(13)2)24(17,21)22/h3-10H,1-2H3,(H,18,20)(H2,17,21,22). The van der Waals surface area contributed by atoms with Gasteiger partial charge in [-0.05, 0) is 25.1 Å². The Hall–Kier alpha value is -2.58. The molecule has 0 fully saturated rings. The number of nitrogens with two attached hydrogens (primary N) is 1. The van der Waals surface area contributed by atoms with Crippen LogP contribution >= 0.6 is 0 Å². The number of furan rings is 1. The van der Waals surface area contributed by atoms with Crippen LogP contribution in [0.2, 0.25) is 0 Å². The van der Waals surface area contributed by atoms with Gasteiger partial charge in [-0.3, -0.25) is 4.79 Å². The van der Waals surface area contributed by atoms with Gasteiger partial charge in [0.15, 0.2) is 0 Å². The number of amides is 1. The van der Waals surface area contributed by atoms with Gasteiger partial charge in [-0.1, -0.05) is 18.2 Å². The van der Waals surface area contributed by atoms with Crippen molar-refractivity contribution in [1.29, 1.82) is 0 Å². The lowest BCUT2D eigenvalue weighted by Gasteiger charge is -2.11. The second kappa shape index (κ2) is 5.81. The number of primary sulfonamides is 1. The molecule has 0 aliphatic rings. The number of aromatic nitrogens is 1.